The Balaban J connectivity index is 1.56. The third-order valence-electron chi connectivity index (χ3n) is 4.10. The molecule has 2 aliphatic rings. The van der Waals surface area contributed by atoms with E-state index in [1.165, 1.54) is 38.8 Å². The molecule has 0 spiro atoms. The number of likely N-dealkylation sites (tertiary alicyclic amines) is 1. The van der Waals surface area contributed by atoms with E-state index < -0.39 is 0 Å². The van der Waals surface area contributed by atoms with Crippen LogP contribution in [0.3, 0.4) is 0 Å². The predicted molar refractivity (Wildman–Crippen MR) is 78.0 cm³/mol. The first-order chi connectivity index (χ1) is 9.13. The Morgan fingerprint density at radius 2 is 2.16 bits per heavy atom. The van der Waals surface area contributed by atoms with Gasteiger partial charge in [0.05, 0.1) is 6.54 Å². The van der Waals surface area contributed by atoms with Gasteiger partial charge in [0, 0.05) is 19.1 Å². The van der Waals surface area contributed by atoms with Gasteiger partial charge < -0.3 is 15.5 Å². The number of carbonyl (C=O) groups is 1. The number of hydrogen-bond acceptors (Lipinski definition) is 3. The predicted octanol–water partition coefficient (Wildman–Crippen LogP) is 1.22. The van der Waals surface area contributed by atoms with E-state index in [4.69, 9.17) is 0 Å². The van der Waals surface area contributed by atoms with Crippen LogP contribution in [0.1, 0.15) is 39.5 Å². The van der Waals surface area contributed by atoms with E-state index in [1.54, 1.807) is 0 Å². The van der Waals surface area contributed by atoms with E-state index in [2.05, 4.69) is 29.4 Å². The second-order valence-corrected chi connectivity index (χ2v) is 6.55. The van der Waals surface area contributed by atoms with E-state index in [-0.39, 0.29) is 11.9 Å². The summed E-state index contributed by atoms with van der Waals surface area (Å²) >= 11 is 0. The minimum atomic E-state index is 0.137. The van der Waals surface area contributed by atoms with E-state index in [0.717, 1.165) is 24.9 Å². The van der Waals surface area contributed by atoms with Crippen molar-refractivity contribution in [3.8, 4) is 0 Å². The van der Waals surface area contributed by atoms with Crippen LogP contribution in [0, 0.1) is 11.8 Å². The summed E-state index contributed by atoms with van der Waals surface area (Å²) in [5.41, 5.74) is 0. The maximum atomic E-state index is 11.8. The van der Waals surface area contributed by atoms with Gasteiger partial charge in [-0.05, 0) is 57.5 Å². The van der Waals surface area contributed by atoms with Gasteiger partial charge in [0.1, 0.15) is 0 Å². The highest BCUT2D eigenvalue weighted by molar-refractivity contribution is 5.78. The van der Waals surface area contributed by atoms with Crippen molar-refractivity contribution in [2.24, 2.45) is 11.8 Å². The van der Waals surface area contributed by atoms with Gasteiger partial charge in [-0.3, -0.25) is 4.79 Å². The summed E-state index contributed by atoms with van der Waals surface area (Å²) < 4.78 is 0. The van der Waals surface area contributed by atoms with Gasteiger partial charge in [0.15, 0.2) is 0 Å². The highest BCUT2D eigenvalue weighted by Gasteiger charge is 2.21. The lowest BCUT2D eigenvalue weighted by atomic mass is 10.00. The van der Waals surface area contributed by atoms with Crippen molar-refractivity contribution in [3.05, 3.63) is 0 Å². The lowest BCUT2D eigenvalue weighted by Gasteiger charge is -2.32. The van der Waals surface area contributed by atoms with Crippen LogP contribution in [0.4, 0.5) is 0 Å². The normalized spacial score (nSPS) is 26.1. The van der Waals surface area contributed by atoms with Gasteiger partial charge >= 0.3 is 0 Å². The van der Waals surface area contributed by atoms with Gasteiger partial charge in [0.25, 0.3) is 0 Å². The fraction of sp³-hybridized carbons (Fsp3) is 0.933. The Hall–Kier alpha value is -0.610. The Bertz CT molecular complexity index is 291. The molecule has 2 rings (SSSR count). The zero-order valence-electron chi connectivity index (χ0n) is 12.5. The third kappa shape index (κ3) is 5.91. The quantitative estimate of drug-likeness (QED) is 0.729. The van der Waals surface area contributed by atoms with E-state index in [0.29, 0.717) is 6.54 Å². The monoisotopic (exact) mass is 267 g/mol. The number of amides is 1. The number of rotatable bonds is 7. The molecule has 0 bridgehead atoms. The van der Waals surface area contributed by atoms with Gasteiger partial charge in [-0.1, -0.05) is 6.92 Å². The van der Waals surface area contributed by atoms with Crippen LogP contribution < -0.4 is 10.6 Å². The molecule has 1 heterocycles. The topological polar surface area (TPSA) is 44.4 Å². The van der Waals surface area contributed by atoms with Crippen LogP contribution in [-0.4, -0.2) is 49.6 Å². The zero-order chi connectivity index (χ0) is 13.7. The first kappa shape index (κ1) is 14.8. The fourth-order valence-corrected chi connectivity index (χ4v) is 2.92. The second-order valence-electron chi connectivity index (χ2n) is 6.55. The highest BCUT2D eigenvalue weighted by atomic mass is 16.1. The van der Waals surface area contributed by atoms with Crippen molar-refractivity contribution in [2.75, 3.05) is 32.7 Å². The first-order valence-electron chi connectivity index (χ1n) is 7.86. The highest BCUT2D eigenvalue weighted by Crippen LogP contribution is 2.27. The van der Waals surface area contributed by atoms with Gasteiger partial charge in [-0.2, -0.15) is 0 Å². The Labute approximate surface area is 117 Å². The van der Waals surface area contributed by atoms with Crippen LogP contribution in [0.5, 0.6) is 0 Å². The van der Waals surface area contributed by atoms with Crippen LogP contribution in [0.15, 0.2) is 0 Å². The summed E-state index contributed by atoms with van der Waals surface area (Å²) in [5, 5.41) is 6.33. The molecule has 1 aliphatic carbocycles. The van der Waals surface area contributed by atoms with Crippen molar-refractivity contribution >= 4 is 5.91 Å². The zero-order valence-corrected chi connectivity index (χ0v) is 12.5. The molecule has 2 unspecified atom stereocenters. The third-order valence-corrected chi connectivity index (χ3v) is 4.10. The minimum absolute atomic E-state index is 0.137. The van der Waals surface area contributed by atoms with Crippen molar-refractivity contribution in [1.82, 2.24) is 15.5 Å². The summed E-state index contributed by atoms with van der Waals surface area (Å²) in [7, 11) is 0. The average molecular weight is 267 g/mol. The lowest BCUT2D eigenvalue weighted by molar-refractivity contribution is -0.121. The number of piperidine rings is 1. The molecule has 2 N–H and O–H groups in total. The SMILES string of the molecule is CC1CCCN(CC(C)NC(=O)CNCC2CC2)C1. The molecule has 4 heteroatoms. The Kier molecular flexibility index (Phi) is 5.64. The molecule has 2 atom stereocenters. The molecule has 0 aromatic carbocycles. The molecule has 1 saturated heterocycles. The molecule has 110 valence electrons. The summed E-state index contributed by atoms with van der Waals surface area (Å²) in [4.78, 5) is 14.3. The van der Waals surface area contributed by atoms with Crippen LogP contribution in [0.2, 0.25) is 0 Å². The molecule has 4 nitrogen and oxygen atoms in total. The Morgan fingerprint density at radius 3 is 2.84 bits per heavy atom. The number of nitrogens with zero attached hydrogens (tertiary/aromatic N) is 1. The number of carbonyl (C=O) groups excluding carboxylic acids is 1. The van der Waals surface area contributed by atoms with Gasteiger partial charge in [0.2, 0.25) is 5.91 Å². The molecule has 0 radical (unpaired) electrons. The summed E-state index contributed by atoms with van der Waals surface area (Å²) in [6.07, 6.45) is 5.31. The fourth-order valence-electron chi connectivity index (χ4n) is 2.92. The van der Waals surface area contributed by atoms with Crippen molar-refractivity contribution in [3.63, 3.8) is 0 Å². The molecular weight excluding hydrogens is 238 g/mol. The molecule has 0 aromatic rings. The van der Waals surface area contributed by atoms with E-state index in [1.807, 2.05) is 0 Å². The molecule has 19 heavy (non-hydrogen) atoms. The van der Waals surface area contributed by atoms with Crippen LogP contribution in [-0.2, 0) is 4.79 Å². The number of hydrogen-bond donors (Lipinski definition) is 2. The summed E-state index contributed by atoms with van der Waals surface area (Å²) in [6.45, 7) is 9.25. The molecule has 1 saturated carbocycles. The van der Waals surface area contributed by atoms with Crippen molar-refractivity contribution < 1.29 is 4.79 Å². The van der Waals surface area contributed by atoms with Crippen LogP contribution in [0.25, 0.3) is 0 Å². The molecule has 2 fully saturated rings. The molecule has 1 aliphatic heterocycles. The lowest BCUT2D eigenvalue weighted by Crippen LogP contribution is -2.47. The second kappa shape index (κ2) is 7.25. The summed E-state index contributed by atoms with van der Waals surface area (Å²) in [5.74, 6) is 1.77. The van der Waals surface area contributed by atoms with Gasteiger partial charge in [-0.15, -0.1) is 0 Å². The van der Waals surface area contributed by atoms with Gasteiger partial charge in [-0.25, -0.2) is 0 Å². The molecular formula is C15H29N3O. The maximum absolute atomic E-state index is 11.8. The maximum Gasteiger partial charge on any atom is 0.234 e. The average Bonchev–Trinajstić information content (AvgIpc) is 3.12. The summed E-state index contributed by atoms with van der Waals surface area (Å²) in [6, 6.07) is 0.250. The van der Waals surface area contributed by atoms with Crippen molar-refractivity contribution in [2.45, 2.75) is 45.6 Å². The van der Waals surface area contributed by atoms with Crippen LogP contribution >= 0.6 is 0 Å². The first-order valence-corrected chi connectivity index (χ1v) is 7.86. The van der Waals surface area contributed by atoms with Crippen molar-refractivity contribution in [1.29, 1.82) is 0 Å². The molecule has 1 amide bonds. The minimum Gasteiger partial charge on any atom is -0.351 e. The smallest absolute Gasteiger partial charge is 0.234 e. The molecule has 0 aromatic heterocycles. The standard InChI is InChI=1S/C15H29N3O/c1-12-4-3-7-18(10-12)11-13(2)17-15(19)9-16-8-14-5-6-14/h12-14,16H,3-11H2,1-2H3,(H,17,19). The largest absolute Gasteiger partial charge is 0.351 e. The van der Waals surface area contributed by atoms with E-state index >= 15 is 0 Å². The van der Waals surface area contributed by atoms with E-state index in [9.17, 15) is 4.79 Å². The number of nitrogens with one attached hydrogen (secondary N) is 2. The Morgan fingerprint density at radius 1 is 1.37 bits per heavy atom.